The summed E-state index contributed by atoms with van der Waals surface area (Å²) >= 11 is 0. The van der Waals surface area contributed by atoms with Crippen molar-refractivity contribution in [2.24, 2.45) is 0 Å². The molecule has 4 nitrogen and oxygen atoms in total. The largest absolute Gasteiger partial charge is 0.381 e. The molecule has 0 saturated carbocycles. The standard InChI is InChI=1S/C22H21FN4/c23-18-7-5-16(6-8-18)15-27-11-9-19(10-12-27)26-22-17(13-24)14-25-21-4-2-1-3-20(21)22/h1-8,14,19H,9-12,15H2,(H,25,26). The van der Waals surface area contributed by atoms with Crippen molar-refractivity contribution in [2.75, 3.05) is 18.4 Å². The smallest absolute Gasteiger partial charge is 0.123 e. The Morgan fingerprint density at radius 3 is 2.59 bits per heavy atom. The summed E-state index contributed by atoms with van der Waals surface area (Å²) < 4.78 is 13.0. The number of piperidine rings is 1. The van der Waals surface area contributed by atoms with Crippen LogP contribution in [0, 0.1) is 17.1 Å². The van der Waals surface area contributed by atoms with E-state index >= 15 is 0 Å². The number of pyridine rings is 1. The molecule has 27 heavy (non-hydrogen) atoms. The SMILES string of the molecule is N#Cc1cnc2ccccc2c1NC1CCN(Cc2ccc(F)cc2)CC1. The summed E-state index contributed by atoms with van der Waals surface area (Å²) in [7, 11) is 0. The van der Waals surface area contributed by atoms with Crippen molar-refractivity contribution < 1.29 is 4.39 Å². The van der Waals surface area contributed by atoms with Crippen LogP contribution in [-0.4, -0.2) is 29.0 Å². The van der Waals surface area contributed by atoms with Crippen molar-refractivity contribution >= 4 is 16.6 Å². The average molecular weight is 360 g/mol. The molecule has 2 aromatic carbocycles. The van der Waals surface area contributed by atoms with Crippen LogP contribution in [0.5, 0.6) is 0 Å². The van der Waals surface area contributed by atoms with E-state index in [0.717, 1.165) is 54.6 Å². The van der Waals surface area contributed by atoms with Crippen LogP contribution in [0.25, 0.3) is 10.9 Å². The maximum atomic E-state index is 13.0. The minimum Gasteiger partial charge on any atom is -0.381 e. The van der Waals surface area contributed by atoms with E-state index in [9.17, 15) is 9.65 Å². The number of nitrogens with one attached hydrogen (secondary N) is 1. The third kappa shape index (κ3) is 3.91. The minimum atomic E-state index is -0.195. The molecular weight excluding hydrogens is 339 g/mol. The second-order valence-electron chi connectivity index (χ2n) is 7.00. The van der Waals surface area contributed by atoms with Gasteiger partial charge in [0.2, 0.25) is 0 Å². The van der Waals surface area contributed by atoms with Crippen molar-refractivity contribution in [1.82, 2.24) is 9.88 Å². The van der Waals surface area contributed by atoms with Crippen LogP contribution in [0.1, 0.15) is 24.0 Å². The molecule has 0 unspecified atom stereocenters. The van der Waals surface area contributed by atoms with Gasteiger partial charge in [-0.15, -0.1) is 0 Å². The summed E-state index contributed by atoms with van der Waals surface area (Å²) in [4.78, 5) is 6.76. The molecule has 0 radical (unpaired) electrons. The second-order valence-corrected chi connectivity index (χ2v) is 7.00. The van der Waals surface area contributed by atoms with Crippen molar-refractivity contribution in [3.63, 3.8) is 0 Å². The number of hydrogen-bond acceptors (Lipinski definition) is 4. The lowest BCUT2D eigenvalue weighted by molar-refractivity contribution is 0.211. The lowest BCUT2D eigenvalue weighted by Crippen LogP contribution is -2.38. The molecule has 0 amide bonds. The van der Waals surface area contributed by atoms with E-state index in [2.05, 4.69) is 21.3 Å². The van der Waals surface area contributed by atoms with Crippen molar-refractivity contribution in [3.8, 4) is 6.07 Å². The third-order valence-electron chi connectivity index (χ3n) is 5.15. The first-order valence-corrected chi connectivity index (χ1v) is 9.24. The fourth-order valence-corrected chi connectivity index (χ4v) is 3.67. The summed E-state index contributed by atoms with van der Waals surface area (Å²) in [5, 5.41) is 14.1. The Labute approximate surface area is 158 Å². The molecule has 4 rings (SSSR count). The monoisotopic (exact) mass is 360 g/mol. The Morgan fingerprint density at radius 2 is 1.85 bits per heavy atom. The van der Waals surface area contributed by atoms with E-state index in [1.165, 1.54) is 12.1 Å². The summed E-state index contributed by atoms with van der Waals surface area (Å²) in [6.07, 6.45) is 3.65. The van der Waals surface area contributed by atoms with Gasteiger partial charge in [0.15, 0.2) is 0 Å². The Bertz CT molecular complexity index is 970. The van der Waals surface area contributed by atoms with Crippen molar-refractivity contribution in [1.29, 1.82) is 5.26 Å². The molecule has 0 bridgehead atoms. The van der Waals surface area contributed by atoms with Crippen molar-refractivity contribution in [3.05, 3.63) is 71.7 Å². The van der Waals surface area contributed by atoms with Gasteiger partial charge in [-0.05, 0) is 36.6 Å². The predicted molar refractivity (Wildman–Crippen MR) is 105 cm³/mol. The lowest BCUT2D eigenvalue weighted by atomic mass is 10.0. The summed E-state index contributed by atoms with van der Waals surface area (Å²) in [5.74, 6) is -0.195. The summed E-state index contributed by atoms with van der Waals surface area (Å²) in [6.45, 7) is 2.79. The molecule has 0 atom stereocenters. The van der Waals surface area contributed by atoms with Gasteiger partial charge in [0.05, 0.1) is 16.8 Å². The molecule has 1 aliphatic heterocycles. The van der Waals surface area contributed by atoms with Gasteiger partial charge in [-0.1, -0.05) is 30.3 Å². The van der Waals surface area contributed by atoms with Gasteiger partial charge >= 0.3 is 0 Å². The number of benzene rings is 2. The number of hydrogen-bond donors (Lipinski definition) is 1. The first-order chi connectivity index (χ1) is 13.2. The molecule has 0 spiro atoms. The van der Waals surface area contributed by atoms with Crippen LogP contribution < -0.4 is 5.32 Å². The van der Waals surface area contributed by atoms with Crippen LogP contribution in [0.15, 0.2) is 54.7 Å². The highest BCUT2D eigenvalue weighted by Crippen LogP contribution is 2.28. The Kier molecular flexibility index (Phi) is 4.99. The molecule has 1 aromatic heterocycles. The van der Waals surface area contributed by atoms with Gasteiger partial charge in [-0.2, -0.15) is 5.26 Å². The molecule has 0 aliphatic carbocycles. The Hall–Kier alpha value is -2.97. The molecule has 1 saturated heterocycles. The number of halogens is 1. The lowest BCUT2D eigenvalue weighted by Gasteiger charge is -2.33. The normalized spacial score (nSPS) is 15.6. The quantitative estimate of drug-likeness (QED) is 0.753. The number of nitrogens with zero attached hydrogens (tertiary/aromatic N) is 3. The van der Waals surface area contributed by atoms with E-state index in [-0.39, 0.29) is 5.82 Å². The summed E-state index contributed by atoms with van der Waals surface area (Å²) in [6, 6.07) is 17.2. The Morgan fingerprint density at radius 1 is 1.11 bits per heavy atom. The van der Waals surface area contributed by atoms with Crippen molar-refractivity contribution in [2.45, 2.75) is 25.4 Å². The number of nitriles is 1. The van der Waals surface area contributed by atoms with Gasteiger partial charge in [0.1, 0.15) is 11.9 Å². The molecule has 3 aromatic rings. The second kappa shape index (κ2) is 7.73. The fraction of sp³-hybridized carbons (Fsp3) is 0.273. The van der Waals surface area contributed by atoms with Gasteiger partial charge in [-0.25, -0.2) is 4.39 Å². The van der Waals surface area contributed by atoms with E-state index < -0.39 is 0 Å². The van der Waals surface area contributed by atoms with Gasteiger partial charge in [-0.3, -0.25) is 9.88 Å². The van der Waals surface area contributed by atoms with Gasteiger partial charge in [0, 0.05) is 37.3 Å². The van der Waals surface area contributed by atoms with E-state index in [4.69, 9.17) is 0 Å². The molecule has 1 N–H and O–H groups in total. The van der Waals surface area contributed by atoms with Crippen LogP contribution in [0.2, 0.25) is 0 Å². The van der Waals surface area contributed by atoms with Gasteiger partial charge in [0.25, 0.3) is 0 Å². The van der Waals surface area contributed by atoms with Crippen LogP contribution in [-0.2, 0) is 6.54 Å². The molecule has 1 fully saturated rings. The number of para-hydroxylation sites is 1. The molecule has 1 aliphatic rings. The van der Waals surface area contributed by atoms with E-state index in [1.54, 1.807) is 6.20 Å². The highest BCUT2D eigenvalue weighted by molar-refractivity contribution is 5.93. The van der Waals surface area contributed by atoms with Crippen LogP contribution in [0.4, 0.5) is 10.1 Å². The minimum absolute atomic E-state index is 0.195. The maximum Gasteiger partial charge on any atom is 0.123 e. The zero-order chi connectivity index (χ0) is 18.6. The average Bonchev–Trinajstić information content (AvgIpc) is 2.71. The third-order valence-corrected chi connectivity index (χ3v) is 5.15. The zero-order valence-electron chi connectivity index (χ0n) is 15.0. The first-order valence-electron chi connectivity index (χ1n) is 9.24. The number of fused-ring (bicyclic) bond motifs is 1. The molecular formula is C22H21FN4. The van der Waals surface area contributed by atoms with Crippen LogP contribution in [0.3, 0.4) is 0 Å². The van der Waals surface area contributed by atoms with E-state index in [1.807, 2.05) is 36.4 Å². The highest BCUT2D eigenvalue weighted by Gasteiger charge is 2.21. The van der Waals surface area contributed by atoms with Gasteiger partial charge < -0.3 is 5.32 Å². The zero-order valence-corrected chi connectivity index (χ0v) is 15.0. The first kappa shape index (κ1) is 17.4. The fourth-order valence-electron chi connectivity index (χ4n) is 3.67. The number of rotatable bonds is 4. The Balaban J connectivity index is 1.43. The van der Waals surface area contributed by atoms with E-state index in [0.29, 0.717) is 11.6 Å². The number of anilines is 1. The number of aromatic nitrogens is 1. The maximum absolute atomic E-state index is 13.0. The summed E-state index contributed by atoms with van der Waals surface area (Å²) in [5.41, 5.74) is 3.50. The molecule has 2 heterocycles. The number of likely N-dealkylation sites (tertiary alicyclic amines) is 1. The topological polar surface area (TPSA) is 52.0 Å². The highest BCUT2D eigenvalue weighted by atomic mass is 19.1. The molecule has 136 valence electrons. The van der Waals surface area contributed by atoms with Crippen LogP contribution >= 0.6 is 0 Å². The predicted octanol–water partition coefficient (Wildman–Crippen LogP) is 4.32. The molecule has 5 heteroatoms.